The van der Waals surface area contributed by atoms with Gasteiger partial charge in [-0.2, -0.15) is 0 Å². The lowest BCUT2D eigenvalue weighted by Crippen LogP contribution is -2.53. The molecule has 0 aliphatic carbocycles. The van der Waals surface area contributed by atoms with E-state index in [2.05, 4.69) is 6.92 Å². The average molecular weight is 228 g/mol. The summed E-state index contributed by atoms with van der Waals surface area (Å²) in [5.74, 6) is 0.0936. The first-order chi connectivity index (χ1) is 7.70. The number of rotatable bonds is 5. The number of carbonyl (C=O) groups excluding carboxylic acids is 1. The monoisotopic (exact) mass is 228 g/mol. The predicted molar refractivity (Wildman–Crippen MR) is 64.1 cm³/mol. The van der Waals surface area contributed by atoms with Crippen molar-refractivity contribution in [2.24, 2.45) is 5.73 Å². The largest absolute Gasteiger partial charge is 0.372 e. The minimum Gasteiger partial charge on any atom is -0.372 e. The summed E-state index contributed by atoms with van der Waals surface area (Å²) < 4.78 is 5.31. The quantitative estimate of drug-likeness (QED) is 0.718. The van der Waals surface area contributed by atoms with Crippen LogP contribution < -0.4 is 5.73 Å². The molecule has 0 aromatic heterocycles. The van der Waals surface area contributed by atoms with E-state index in [4.69, 9.17) is 10.5 Å². The third-order valence-electron chi connectivity index (χ3n) is 3.16. The average Bonchev–Trinajstić information content (AvgIpc) is 2.28. The number of likely N-dealkylation sites (tertiary alicyclic amines) is 1. The molecular formula is C12H24N2O2. The van der Waals surface area contributed by atoms with Crippen LogP contribution >= 0.6 is 0 Å². The van der Waals surface area contributed by atoms with Gasteiger partial charge in [-0.15, -0.1) is 0 Å². The minimum absolute atomic E-state index is 0.0936. The number of ether oxygens (including phenoxy) is 1. The summed E-state index contributed by atoms with van der Waals surface area (Å²) in [5.41, 5.74) is 5.71. The molecule has 1 heterocycles. The van der Waals surface area contributed by atoms with E-state index < -0.39 is 0 Å². The molecule has 4 heteroatoms. The molecule has 2 unspecified atom stereocenters. The third kappa shape index (κ3) is 3.46. The van der Waals surface area contributed by atoms with Gasteiger partial charge in [0.05, 0.1) is 0 Å². The van der Waals surface area contributed by atoms with Crippen molar-refractivity contribution < 1.29 is 9.53 Å². The Kier molecular flexibility index (Phi) is 5.77. The van der Waals surface area contributed by atoms with E-state index in [1.54, 1.807) is 0 Å². The van der Waals surface area contributed by atoms with Crippen molar-refractivity contribution in [3.8, 4) is 0 Å². The van der Waals surface area contributed by atoms with Crippen molar-refractivity contribution in [3.63, 3.8) is 0 Å². The SMILES string of the molecule is CCCOCC(=O)N1C(C)CCCC1CN. The van der Waals surface area contributed by atoms with E-state index in [0.29, 0.717) is 19.2 Å². The number of nitrogens with zero attached hydrogens (tertiary/aromatic N) is 1. The fourth-order valence-corrected chi connectivity index (χ4v) is 2.35. The number of hydrogen-bond acceptors (Lipinski definition) is 3. The van der Waals surface area contributed by atoms with E-state index in [1.807, 2.05) is 11.8 Å². The Morgan fingerprint density at radius 2 is 2.25 bits per heavy atom. The fraction of sp³-hybridized carbons (Fsp3) is 0.917. The van der Waals surface area contributed by atoms with E-state index in [9.17, 15) is 4.79 Å². The number of amides is 1. The fourth-order valence-electron chi connectivity index (χ4n) is 2.35. The van der Waals surface area contributed by atoms with Crippen LogP contribution in [0.25, 0.3) is 0 Å². The zero-order valence-electron chi connectivity index (χ0n) is 10.4. The zero-order chi connectivity index (χ0) is 12.0. The first-order valence-corrected chi connectivity index (χ1v) is 6.29. The molecule has 1 aliphatic heterocycles. The predicted octanol–water partition coefficient (Wildman–Crippen LogP) is 1.14. The van der Waals surface area contributed by atoms with Crippen LogP contribution in [0.1, 0.15) is 39.5 Å². The standard InChI is InChI=1S/C12H24N2O2/c1-3-7-16-9-12(15)14-10(2)5-4-6-11(14)8-13/h10-11H,3-9,13H2,1-2H3. The van der Waals surface area contributed by atoms with Crippen LogP contribution in [0, 0.1) is 0 Å². The van der Waals surface area contributed by atoms with Gasteiger partial charge in [-0.25, -0.2) is 0 Å². The molecule has 2 N–H and O–H groups in total. The first-order valence-electron chi connectivity index (χ1n) is 6.29. The van der Waals surface area contributed by atoms with E-state index >= 15 is 0 Å². The van der Waals surface area contributed by atoms with Gasteiger partial charge in [-0.3, -0.25) is 4.79 Å². The van der Waals surface area contributed by atoms with Crippen LogP contribution in [0.15, 0.2) is 0 Å². The maximum absolute atomic E-state index is 12.0. The van der Waals surface area contributed by atoms with Gasteiger partial charge in [0.2, 0.25) is 5.91 Å². The Labute approximate surface area is 98.1 Å². The molecule has 0 spiro atoms. The number of carbonyl (C=O) groups is 1. The minimum atomic E-state index is 0.0936. The van der Waals surface area contributed by atoms with Gasteiger partial charge in [0.15, 0.2) is 0 Å². The molecule has 0 radical (unpaired) electrons. The molecule has 4 nitrogen and oxygen atoms in total. The van der Waals surface area contributed by atoms with Crippen molar-refractivity contribution in [2.45, 2.75) is 51.6 Å². The molecular weight excluding hydrogens is 204 g/mol. The molecule has 0 bridgehead atoms. The summed E-state index contributed by atoms with van der Waals surface area (Å²) in [7, 11) is 0. The van der Waals surface area contributed by atoms with Gasteiger partial charge in [0, 0.05) is 25.2 Å². The first kappa shape index (κ1) is 13.5. The molecule has 1 aliphatic rings. The molecule has 2 atom stereocenters. The summed E-state index contributed by atoms with van der Waals surface area (Å²) in [6.45, 7) is 5.55. The van der Waals surface area contributed by atoms with Gasteiger partial charge >= 0.3 is 0 Å². The number of piperidine rings is 1. The van der Waals surface area contributed by atoms with Crippen LogP contribution in [0.4, 0.5) is 0 Å². The Hall–Kier alpha value is -0.610. The van der Waals surface area contributed by atoms with Gasteiger partial charge in [-0.05, 0) is 32.6 Å². The molecule has 94 valence electrons. The van der Waals surface area contributed by atoms with Crippen LogP contribution in [-0.4, -0.2) is 42.6 Å². The summed E-state index contributed by atoms with van der Waals surface area (Å²) in [5, 5.41) is 0. The highest BCUT2D eigenvalue weighted by molar-refractivity contribution is 5.78. The Morgan fingerprint density at radius 1 is 1.50 bits per heavy atom. The summed E-state index contributed by atoms with van der Waals surface area (Å²) in [6.07, 6.45) is 4.22. The summed E-state index contributed by atoms with van der Waals surface area (Å²) in [6, 6.07) is 0.515. The maximum Gasteiger partial charge on any atom is 0.249 e. The smallest absolute Gasteiger partial charge is 0.249 e. The normalized spacial score (nSPS) is 25.8. The van der Waals surface area contributed by atoms with Crippen molar-refractivity contribution in [1.82, 2.24) is 4.90 Å². The lowest BCUT2D eigenvalue weighted by molar-refractivity contribution is -0.142. The molecule has 1 rings (SSSR count). The lowest BCUT2D eigenvalue weighted by Gasteiger charge is -2.40. The zero-order valence-corrected chi connectivity index (χ0v) is 10.4. The third-order valence-corrected chi connectivity index (χ3v) is 3.16. The molecule has 0 aromatic carbocycles. The topological polar surface area (TPSA) is 55.6 Å². The van der Waals surface area contributed by atoms with Crippen LogP contribution in [0.3, 0.4) is 0 Å². The second-order valence-corrected chi connectivity index (χ2v) is 4.52. The lowest BCUT2D eigenvalue weighted by atomic mass is 9.96. The molecule has 16 heavy (non-hydrogen) atoms. The number of nitrogens with two attached hydrogens (primary N) is 1. The van der Waals surface area contributed by atoms with Gasteiger partial charge in [0.25, 0.3) is 0 Å². The maximum atomic E-state index is 12.0. The molecule has 0 saturated carbocycles. The molecule has 1 amide bonds. The van der Waals surface area contributed by atoms with Crippen molar-refractivity contribution in [2.75, 3.05) is 19.8 Å². The molecule has 1 saturated heterocycles. The van der Waals surface area contributed by atoms with E-state index in [-0.39, 0.29) is 18.6 Å². The van der Waals surface area contributed by atoms with Gasteiger partial charge in [0.1, 0.15) is 6.61 Å². The van der Waals surface area contributed by atoms with E-state index in [1.165, 1.54) is 6.42 Å². The summed E-state index contributed by atoms with van der Waals surface area (Å²) in [4.78, 5) is 13.9. The number of hydrogen-bond donors (Lipinski definition) is 1. The van der Waals surface area contributed by atoms with Crippen LogP contribution in [0.5, 0.6) is 0 Å². The highest BCUT2D eigenvalue weighted by atomic mass is 16.5. The molecule has 0 aromatic rings. The Morgan fingerprint density at radius 3 is 2.88 bits per heavy atom. The highest BCUT2D eigenvalue weighted by Crippen LogP contribution is 2.22. The van der Waals surface area contributed by atoms with E-state index in [0.717, 1.165) is 19.3 Å². The van der Waals surface area contributed by atoms with Crippen LogP contribution in [0.2, 0.25) is 0 Å². The van der Waals surface area contributed by atoms with Crippen molar-refractivity contribution in [3.05, 3.63) is 0 Å². The Bertz CT molecular complexity index is 221. The second-order valence-electron chi connectivity index (χ2n) is 4.52. The summed E-state index contributed by atoms with van der Waals surface area (Å²) >= 11 is 0. The molecule has 1 fully saturated rings. The highest BCUT2D eigenvalue weighted by Gasteiger charge is 2.30. The van der Waals surface area contributed by atoms with Gasteiger partial charge < -0.3 is 15.4 Å². The van der Waals surface area contributed by atoms with Crippen LogP contribution in [-0.2, 0) is 9.53 Å². The van der Waals surface area contributed by atoms with Crippen molar-refractivity contribution >= 4 is 5.91 Å². The second kappa shape index (κ2) is 6.86. The van der Waals surface area contributed by atoms with Gasteiger partial charge in [-0.1, -0.05) is 6.92 Å². The Balaban J connectivity index is 2.48. The van der Waals surface area contributed by atoms with Crippen molar-refractivity contribution in [1.29, 1.82) is 0 Å².